The molecule has 0 saturated heterocycles. The lowest BCUT2D eigenvalue weighted by Crippen LogP contribution is -2.08. The zero-order valence-corrected chi connectivity index (χ0v) is 12.3. The quantitative estimate of drug-likeness (QED) is 0.798. The molecule has 0 fully saturated rings. The highest BCUT2D eigenvalue weighted by Gasteiger charge is 2.22. The zero-order chi connectivity index (χ0) is 14.9. The number of esters is 1. The fraction of sp³-hybridized carbons (Fsp3) is 0.333. The Morgan fingerprint density at radius 2 is 2.15 bits per heavy atom. The predicted octanol–water partition coefficient (Wildman–Crippen LogP) is 4.15. The van der Waals surface area contributed by atoms with Crippen LogP contribution in [0.2, 0.25) is 0 Å². The van der Waals surface area contributed by atoms with E-state index in [9.17, 15) is 14.4 Å². The van der Waals surface area contributed by atoms with Gasteiger partial charge in [0.05, 0.1) is 16.9 Å². The van der Waals surface area contributed by atoms with Gasteiger partial charge in [-0.1, -0.05) is 0 Å². The molecule has 1 aromatic carbocycles. The first-order valence-electron chi connectivity index (χ1n) is 6.21. The summed E-state index contributed by atoms with van der Waals surface area (Å²) in [6.45, 7) is 4.90. The van der Waals surface area contributed by atoms with E-state index in [-0.39, 0.29) is 0 Å². The van der Waals surface area contributed by atoms with Crippen LogP contribution in [0.1, 0.15) is 41.6 Å². The summed E-state index contributed by atoms with van der Waals surface area (Å²) in [6.07, 6.45) is 0. The Bertz CT molecular complexity index is 707. The van der Waals surface area contributed by atoms with Crippen molar-refractivity contribution in [2.75, 3.05) is 6.61 Å². The second kappa shape index (κ2) is 5.22. The van der Waals surface area contributed by atoms with Crippen LogP contribution in [0.5, 0.6) is 0 Å². The molecule has 0 aliphatic heterocycles. The number of carbonyl (C=O) groups excluding carboxylic acids is 1. The minimum Gasteiger partial charge on any atom is -0.462 e. The van der Waals surface area contributed by atoms with Gasteiger partial charge in [0.15, 0.2) is 0 Å². The Kier molecular flexibility index (Phi) is 3.78. The van der Waals surface area contributed by atoms with E-state index in [1.807, 2.05) is 0 Å². The van der Waals surface area contributed by atoms with Crippen molar-refractivity contribution in [3.63, 3.8) is 0 Å². The second-order valence-corrected chi connectivity index (χ2v) is 5.91. The molecule has 2 aromatic rings. The Morgan fingerprint density at radius 1 is 1.45 bits per heavy atom. The van der Waals surface area contributed by atoms with Gasteiger partial charge in [-0.25, -0.2) is 9.18 Å². The first-order chi connectivity index (χ1) is 9.36. The molecule has 3 nitrogen and oxygen atoms in total. The van der Waals surface area contributed by atoms with Crippen molar-refractivity contribution in [2.24, 2.45) is 0 Å². The van der Waals surface area contributed by atoms with Gasteiger partial charge in [-0.3, -0.25) is 0 Å². The first kappa shape index (κ1) is 14.5. The fourth-order valence-corrected chi connectivity index (χ4v) is 2.88. The normalized spacial score (nSPS) is 11.3. The average Bonchev–Trinajstić information content (AvgIpc) is 2.80. The third kappa shape index (κ3) is 2.66. The lowest BCUT2D eigenvalue weighted by Gasteiger charge is -2.15. The van der Waals surface area contributed by atoms with E-state index in [4.69, 9.17) is 4.74 Å². The average molecular weight is 291 g/mol. The van der Waals surface area contributed by atoms with Gasteiger partial charge in [-0.2, -0.15) is 5.26 Å². The summed E-state index contributed by atoms with van der Waals surface area (Å²) in [5.74, 6) is -0.418. The Hall–Kier alpha value is -1.93. The summed E-state index contributed by atoms with van der Waals surface area (Å²) >= 11 is 1.20. The molecular formula is C15H14FNO2S. The molecule has 0 bridgehead atoms. The van der Waals surface area contributed by atoms with E-state index >= 15 is 0 Å². The maximum absolute atomic E-state index is 14.1. The van der Waals surface area contributed by atoms with E-state index in [1.54, 1.807) is 19.1 Å². The van der Waals surface area contributed by atoms with Gasteiger partial charge in [-0.05, 0) is 49.9 Å². The van der Waals surface area contributed by atoms with Gasteiger partial charge in [0.2, 0.25) is 0 Å². The van der Waals surface area contributed by atoms with Crippen LogP contribution in [0.3, 0.4) is 0 Å². The Balaban J connectivity index is 2.62. The lowest BCUT2D eigenvalue weighted by molar-refractivity contribution is 0.0532. The van der Waals surface area contributed by atoms with Gasteiger partial charge in [0.25, 0.3) is 0 Å². The highest BCUT2D eigenvalue weighted by atomic mass is 32.1. The van der Waals surface area contributed by atoms with Crippen molar-refractivity contribution in [3.05, 3.63) is 34.2 Å². The molecule has 0 aliphatic carbocycles. The molecule has 104 valence electrons. The van der Waals surface area contributed by atoms with Crippen molar-refractivity contribution >= 4 is 27.4 Å². The van der Waals surface area contributed by atoms with E-state index in [1.165, 1.54) is 31.3 Å². The van der Waals surface area contributed by atoms with Crippen molar-refractivity contribution in [1.82, 2.24) is 0 Å². The van der Waals surface area contributed by atoms with Crippen molar-refractivity contribution in [1.29, 1.82) is 5.26 Å². The van der Waals surface area contributed by atoms with Crippen LogP contribution >= 0.6 is 11.3 Å². The minimum absolute atomic E-state index is 0.293. The fourth-order valence-electron chi connectivity index (χ4n) is 1.88. The number of hydrogen-bond donors (Lipinski definition) is 0. The molecule has 0 N–H and O–H groups in total. The number of nitriles is 1. The predicted molar refractivity (Wildman–Crippen MR) is 76.6 cm³/mol. The Morgan fingerprint density at radius 3 is 2.70 bits per heavy atom. The summed E-state index contributed by atoms with van der Waals surface area (Å²) in [5, 5.41) is 9.89. The van der Waals surface area contributed by atoms with Crippen molar-refractivity contribution < 1.29 is 13.9 Å². The number of benzene rings is 1. The number of ether oxygens (including phenoxy) is 1. The molecule has 0 atom stereocenters. The summed E-state index contributed by atoms with van der Waals surface area (Å²) in [4.78, 5) is 12.2. The van der Waals surface area contributed by atoms with E-state index in [2.05, 4.69) is 6.07 Å². The lowest BCUT2D eigenvalue weighted by atomic mass is 9.97. The molecule has 0 saturated carbocycles. The monoisotopic (exact) mass is 291 g/mol. The molecular weight excluding hydrogens is 277 g/mol. The molecule has 20 heavy (non-hydrogen) atoms. The molecule has 0 radical (unpaired) electrons. The maximum atomic E-state index is 14.1. The van der Waals surface area contributed by atoms with Crippen LogP contribution < -0.4 is 0 Å². The largest absolute Gasteiger partial charge is 0.462 e. The van der Waals surface area contributed by atoms with Crippen molar-refractivity contribution in [2.45, 2.75) is 26.4 Å². The number of rotatable bonds is 3. The third-order valence-electron chi connectivity index (χ3n) is 2.90. The van der Waals surface area contributed by atoms with Crippen molar-refractivity contribution in [3.8, 4) is 6.07 Å². The Labute approximate surface area is 120 Å². The molecule has 2 rings (SSSR count). The van der Waals surface area contributed by atoms with Crippen LogP contribution in [0, 0.1) is 11.3 Å². The van der Waals surface area contributed by atoms with Gasteiger partial charge in [0.1, 0.15) is 16.6 Å². The van der Waals surface area contributed by atoms with Crippen LogP contribution in [0.25, 0.3) is 10.1 Å². The third-order valence-corrected chi connectivity index (χ3v) is 4.06. The summed E-state index contributed by atoms with van der Waals surface area (Å²) in [5.41, 5.74) is -0.732. The summed E-state index contributed by atoms with van der Waals surface area (Å²) in [6, 6.07) is 6.92. The SMILES string of the molecule is CCOC(=O)c1cc2cc(C(C)(C)F)cc(C#N)c2s1. The molecule has 0 unspecified atom stereocenters. The topological polar surface area (TPSA) is 50.1 Å². The smallest absolute Gasteiger partial charge is 0.348 e. The number of thiophene rings is 1. The van der Waals surface area contributed by atoms with Crippen LogP contribution in [-0.2, 0) is 10.4 Å². The summed E-state index contributed by atoms with van der Waals surface area (Å²) < 4.78 is 19.7. The maximum Gasteiger partial charge on any atom is 0.348 e. The number of hydrogen-bond acceptors (Lipinski definition) is 4. The zero-order valence-electron chi connectivity index (χ0n) is 11.5. The number of nitrogens with zero attached hydrogens (tertiary/aromatic N) is 1. The molecule has 1 aromatic heterocycles. The number of alkyl halides is 1. The van der Waals surface area contributed by atoms with Gasteiger partial charge < -0.3 is 4.74 Å². The highest BCUT2D eigenvalue weighted by Crippen LogP contribution is 2.34. The minimum atomic E-state index is -1.54. The van der Waals surface area contributed by atoms with Crippen LogP contribution in [0.4, 0.5) is 4.39 Å². The van der Waals surface area contributed by atoms with Gasteiger partial charge >= 0.3 is 5.97 Å². The van der Waals surface area contributed by atoms with Crippen LogP contribution in [0.15, 0.2) is 18.2 Å². The number of halogens is 1. The van der Waals surface area contributed by atoms with Crippen LogP contribution in [-0.4, -0.2) is 12.6 Å². The number of carbonyl (C=O) groups is 1. The van der Waals surface area contributed by atoms with E-state index in [0.717, 1.165) is 0 Å². The number of fused-ring (bicyclic) bond motifs is 1. The summed E-state index contributed by atoms with van der Waals surface area (Å²) in [7, 11) is 0. The molecule has 1 heterocycles. The molecule has 5 heteroatoms. The van der Waals surface area contributed by atoms with Gasteiger partial charge in [-0.15, -0.1) is 11.3 Å². The molecule has 0 spiro atoms. The second-order valence-electron chi connectivity index (χ2n) is 4.86. The highest BCUT2D eigenvalue weighted by molar-refractivity contribution is 7.21. The standard InChI is InChI=1S/C15H14FNO2S/c1-4-19-14(18)12-7-9-5-11(15(2,3)16)6-10(8-17)13(9)20-12/h5-7H,4H2,1-3H3. The van der Waals surface area contributed by atoms with Gasteiger partial charge in [0, 0.05) is 0 Å². The molecule has 0 aliphatic rings. The molecule has 0 amide bonds. The van der Waals surface area contributed by atoms with E-state index < -0.39 is 11.6 Å². The first-order valence-corrected chi connectivity index (χ1v) is 7.02. The van der Waals surface area contributed by atoms with E-state index in [0.29, 0.717) is 32.7 Å².